The summed E-state index contributed by atoms with van der Waals surface area (Å²) in [7, 11) is 0. The highest BCUT2D eigenvalue weighted by Crippen LogP contribution is 2.33. The van der Waals surface area contributed by atoms with Crippen molar-refractivity contribution in [3.8, 4) is 0 Å². The van der Waals surface area contributed by atoms with Crippen molar-refractivity contribution in [3.63, 3.8) is 0 Å². The maximum Gasteiger partial charge on any atom is 0.240 e. The number of piperidine rings is 1. The highest BCUT2D eigenvalue weighted by atomic mass is 35.5. The van der Waals surface area contributed by atoms with Crippen LogP contribution in [-0.4, -0.2) is 29.9 Å². The van der Waals surface area contributed by atoms with Crippen LogP contribution < -0.4 is 5.32 Å². The summed E-state index contributed by atoms with van der Waals surface area (Å²) in [6.07, 6.45) is 5.42. The molecule has 0 aliphatic carbocycles. The van der Waals surface area contributed by atoms with Gasteiger partial charge in [-0.15, -0.1) is 0 Å². The maximum absolute atomic E-state index is 12.7. The largest absolute Gasteiger partial charge is 0.334 e. The SMILES string of the molecule is O=C([C@@H]1CCCCN1)N1CCCC1c1cccc(Cl)c1. The van der Waals surface area contributed by atoms with Gasteiger partial charge in [-0.2, -0.15) is 0 Å². The molecule has 2 heterocycles. The van der Waals surface area contributed by atoms with E-state index in [-0.39, 0.29) is 18.0 Å². The quantitative estimate of drug-likeness (QED) is 0.908. The molecule has 3 nitrogen and oxygen atoms in total. The summed E-state index contributed by atoms with van der Waals surface area (Å²) < 4.78 is 0. The average Bonchev–Trinajstić information content (AvgIpc) is 2.97. The van der Waals surface area contributed by atoms with E-state index in [4.69, 9.17) is 11.6 Å². The van der Waals surface area contributed by atoms with Crippen LogP contribution >= 0.6 is 11.6 Å². The van der Waals surface area contributed by atoms with E-state index in [1.165, 1.54) is 12.0 Å². The first kappa shape index (κ1) is 13.9. The van der Waals surface area contributed by atoms with Crippen LogP contribution in [0.2, 0.25) is 5.02 Å². The summed E-state index contributed by atoms with van der Waals surface area (Å²) in [5.74, 6) is 0.271. The van der Waals surface area contributed by atoms with Gasteiger partial charge in [0.2, 0.25) is 5.91 Å². The zero-order chi connectivity index (χ0) is 13.9. The molecular formula is C16H21ClN2O. The molecule has 2 atom stereocenters. The Labute approximate surface area is 125 Å². The molecule has 2 aliphatic rings. The lowest BCUT2D eigenvalue weighted by atomic mass is 10.0. The molecule has 4 heteroatoms. The van der Waals surface area contributed by atoms with Gasteiger partial charge in [0.05, 0.1) is 12.1 Å². The van der Waals surface area contributed by atoms with Gasteiger partial charge in [0.1, 0.15) is 0 Å². The second-order valence-corrected chi connectivity index (χ2v) is 6.18. The van der Waals surface area contributed by atoms with Crippen LogP contribution in [-0.2, 0) is 4.79 Å². The van der Waals surface area contributed by atoms with E-state index in [9.17, 15) is 4.79 Å². The van der Waals surface area contributed by atoms with Crippen molar-refractivity contribution in [2.24, 2.45) is 0 Å². The van der Waals surface area contributed by atoms with Gasteiger partial charge in [0.15, 0.2) is 0 Å². The number of benzene rings is 1. The molecular weight excluding hydrogens is 272 g/mol. The Balaban J connectivity index is 1.76. The van der Waals surface area contributed by atoms with E-state index in [1.807, 2.05) is 18.2 Å². The van der Waals surface area contributed by atoms with Gasteiger partial charge in [-0.3, -0.25) is 4.79 Å². The standard InChI is InChI=1S/C16H21ClN2O/c17-13-6-3-5-12(11-13)15-8-4-10-19(15)16(20)14-7-1-2-9-18-14/h3,5-6,11,14-15,18H,1-2,4,7-10H2/t14-,15?/m0/s1. The zero-order valence-electron chi connectivity index (χ0n) is 11.6. The Morgan fingerprint density at radius 2 is 2.15 bits per heavy atom. The lowest BCUT2D eigenvalue weighted by Gasteiger charge is -2.31. The monoisotopic (exact) mass is 292 g/mol. The Kier molecular flexibility index (Phi) is 4.27. The molecule has 1 amide bonds. The Hall–Kier alpha value is -1.06. The van der Waals surface area contributed by atoms with Crippen molar-refractivity contribution in [1.29, 1.82) is 0 Å². The molecule has 0 saturated carbocycles. The van der Waals surface area contributed by atoms with Crippen LogP contribution in [0.25, 0.3) is 0 Å². The number of nitrogens with one attached hydrogen (secondary N) is 1. The van der Waals surface area contributed by atoms with Crippen LogP contribution in [0, 0.1) is 0 Å². The Morgan fingerprint density at radius 1 is 1.25 bits per heavy atom. The number of nitrogens with zero attached hydrogens (tertiary/aromatic N) is 1. The summed E-state index contributed by atoms with van der Waals surface area (Å²) in [5, 5.41) is 4.11. The highest BCUT2D eigenvalue weighted by Gasteiger charge is 2.34. The van der Waals surface area contributed by atoms with Crippen LogP contribution in [0.1, 0.15) is 43.7 Å². The van der Waals surface area contributed by atoms with Crippen LogP contribution in [0.3, 0.4) is 0 Å². The highest BCUT2D eigenvalue weighted by molar-refractivity contribution is 6.30. The first-order chi connectivity index (χ1) is 9.75. The molecule has 2 fully saturated rings. The third-order valence-electron chi connectivity index (χ3n) is 4.38. The molecule has 0 bridgehead atoms. The lowest BCUT2D eigenvalue weighted by Crippen LogP contribution is -2.48. The van der Waals surface area contributed by atoms with E-state index in [1.54, 1.807) is 0 Å². The predicted molar refractivity (Wildman–Crippen MR) is 80.8 cm³/mol. The predicted octanol–water partition coefficient (Wildman–Crippen LogP) is 3.15. The third-order valence-corrected chi connectivity index (χ3v) is 4.61. The fraction of sp³-hybridized carbons (Fsp3) is 0.562. The van der Waals surface area contributed by atoms with E-state index >= 15 is 0 Å². The molecule has 2 saturated heterocycles. The first-order valence-electron chi connectivity index (χ1n) is 7.55. The number of carbonyl (C=O) groups excluding carboxylic acids is 1. The topological polar surface area (TPSA) is 32.3 Å². The zero-order valence-corrected chi connectivity index (χ0v) is 12.4. The number of rotatable bonds is 2. The van der Waals surface area contributed by atoms with Gasteiger partial charge in [-0.05, 0) is 49.9 Å². The van der Waals surface area contributed by atoms with Gasteiger partial charge in [0.25, 0.3) is 0 Å². The van der Waals surface area contributed by atoms with Gasteiger partial charge >= 0.3 is 0 Å². The summed E-state index contributed by atoms with van der Waals surface area (Å²) >= 11 is 6.08. The van der Waals surface area contributed by atoms with Gasteiger partial charge in [0, 0.05) is 11.6 Å². The van der Waals surface area contributed by atoms with Gasteiger partial charge < -0.3 is 10.2 Å². The van der Waals surface area contributed by atoms with Crippen molar-refractivity contribution in [2.45, 2.75) is 44.2 Å². The molecule has 2 aliphatic heterocycles. The number of carbonyl (C=O) groups is 1. The number of amides is 1. The normalized spacial score (nSPS) is 26.8. The van der Waals surface area contributed by atoms with E-state index in [0.717, 1.165) is 43.8 Å². The first-order valence-corrected chi connectivity index (χ1v) is 7.93. The van der Waals surface area contributed by atoms with Crippen molar-refractivity contribution >= 4 is 17.5 Å². The maximum atomic E-state index is 12.7. The molecule has 1 N–H and O–H groups in total. The van der Waals surface area contributed by atoms with Crippen molar-refractivity contribution in [2.75, 3.05) is 13.1 Å². The van der Waals surface area contributed by atoms with Gasteiger partial charge in [-0.25, -0.2) is 0 Å². The fourth-order valence-corrected chi connectivity index (χ4v) is 3.55. The fourth-order valence-electron chi connectivity index (χ4n) is 3.35. The Morgan fingerprint density at radius 3 is 2.90 bits per heavy atom. The lowest BCUT2D eigenvalue weighted by molar-refractivity contribution is -0.135. The minimum absolute atomic E-state index is 0.0172. The van der Waals surface area contributed by atoms with Crippen molar-refractivity contribution in [3.05, 3.63) is 34.9 Å². The molecule has 0 radical (unpaired) electrons. The average molecular weight is 293 g/mol. The molecule has 108 valence electrons. The summed E-state index contributed by atoms with van der Waals surface area (Å²) in [4.78, 5) is 14.7. The molecule has 1 aromatic rings. The second kappa shape index (κ2) is 6.15. The molecule has 3 rings (SSSR count). The minimum atomic E-state index is 0.0172. The summed E-state index contributed by atoms with van der Waals surface area (Å²) in [5.41, 5.74) is 1.17. The van der Waals surface area contributed by atoms with Crippen molar-refractivity contribution < 1.29 is 4.79 Å². The van der Waals surface area contributed by atoms with E-state index in [2.05, 4.69) is 16.3 Å². The van der Waals surface area contributed by atoms with Crippen molar-refractivity contribution in [1.82, 2.24) is 10.2 Å². The summed E-state index contributed by atoms with van der Waals surface area (Å²) in [6.45, 7) is 1.83. The molecule has 0 spiro atoms. The van der Waals surface area contributed by atoms with E-state index < -0.39 is 0 Å². The molecule has 1 aromatic carbocycles. The minimum Gasteiger partial charge on any atom is -0.334 e. The van der Waals surface area contributed by atoms with Crippen LogP contribution in [0.15, 0.2) is 24.3 Å². The van der Waals surface area contributed by atoms with Crippen LogP contribution in [0.4, 0.5) is 0 Å². The molecule has 1 unspecified atom stereocenters. The Bertz CT molecular complexity index is 485. The van der Waals surface area contributed by atoms with Gasteiger partial charge in [-0.1, -0.05) is 30.2 Å². The molecule has 20 heavy (non-hydrogen) atoms. The number of halogens is 1. The number of hydrogen-bond acceptors (Lipinski definition) is 2. The van der Waals surface area contributed by atoms with E-state index in [0.29, 0.717) is 0 Å². The van der Waals surface area contributed by atoms with Crippen LogP contribution in [0.5, 0.6) is 0 Å². The second-order valence-electron chi connectivity index (χ2n) is 5.75. The third kappa shape index (κ3) is 2.84. The summed E-state index contributed by atoms with van der Waals surface area (Å²) in [6, 6.07) is 8.14. The number of likely N-dealkylation sites (tertiary alicyclic amines) is 1. The smallest absolute Gasteiger partial charge is 0.240 e. The molecule has 0 aromatic heterocycles. The number of hydrogen-bond donors (Lipinski definition) is 1.